The number of fused-ring (bicyclic) bond motifs is 3. The number of rotatable bonds is 9. The fourth-order valence-corrected chi connectivity index (χ4v) is 4.82. The summed E-state index contributed by atoms with van der Waals surface area (Å²) in [4.78, 5) is 9.46. The average Bonchev–Trinajstić information content (AvgIpc) is 3.17. The molecule has 2 aromatic heterocycles. The Kier molecular flexibility index (Phi) is 6.29. The summed E-state index contributed by atoms with van der Waals surface area (Å²) in [5.41, 5.74) is 8.56. The number of aryl methyl sites for hydroxylation is 1. The normalized spacial score (nSPS) is 11.9. The van der Waals surface area contributed by atoms with Crippen LogP contribution in [0, 0.1) is 0 Å². The Morgan fingerprint density at radius 3 is 2.56 bits per heavy atom. The Labute approximate surface area is 187 Å². The van der Waals surface area contributed by atoms with Gasteiger partial charge in [-0.05, 0) is 36.8 Å². The molecular weight excluding hydrogens is 426 g/mol. The smallest absolute Gasteiger partial charge is 0.240 e. The predicted octanol–water partition coefficient (Wildman–Crippen LogP) is 3.50. The number of aromatic nitrogens is 3. The van der Waals surface area contributed by atoms with E-state index < -0.39 is 10.0 Å². The highest BCUT2D eigenvalue weighted by Gasteiger charge is 2.18. The Morgan fingerprint density at radius 2 is 1.84 bits per heavy atom. The Hall–Kier alpha value is -3.17. The molecule has 0 spiro atoms. The molecular formula is C23H27N5O3S. The summed E-state index contributed by atoms with van der Waals surface area (Å²) in [6, 6.07) is 14.1. The van der Waals surface area contributed by atoms with Gasteiger partial charge in [0.05, 0.1) is 23.0 Å². The Balaban J connectivity index is 1.66. The molecule has 4 aromatic rings. The minimum Gasteiger partial charge on any atom is -0.497 e. The lowest BCUT2D eigenvalue weighted by Crippen LogP contribution is -2.28. The maximum atomic E-state index is 12.7. The van der Waals surface area contributed by atoms with Gasteiger partial charge in [0.15, 0.2) is 5.82 Å². The molecule has 4 rings (SSSR count). The number of pyridine rings is 1. The SMILES string of the molecule is CCCCc1nc2c(N)nc3ccccc3c2n1CCNS(=O)(=O)c1ccc(OC)cc1. The van der Waals surface area contributed by atoms with Gasteiger partial charge in [0.1, 0.15) is 17.1 Å². The molecule has 0 unspecified atom stereocenters. The van der Waals surface area contributed by atoms with Crippen LogP contribution in [0.4, 0.5) is 5.82 Å². The zero-order valence-electron chi connectivity index (χ0n) is 18.2. The van der Waals surface area contributed by atoms with Crippen LogP contribution in [0.1, 0.15) is 25.6 Å². The first-order chi connectivity index (χ1) is 15.4. The number of anilines is 1. The number of ether oxygens (including phenoxy) is 1. The van der Waals surface area contributed by atoms with E-state index in [0.717, 1.165) is 41.5 Å². The van der Waals surface area contributed by atoms with Gasteiger partial charge in [0.2, 0.25) is 10.0 Å². The monoisotopic (exact) mass is 453 g/mol. The lowest BCUT2D eigenvalue weighted by molar-refractivity contribution is 0.414. The first-order valence-electron chi connectivity index (χ1n) is 10.6. The summed E-state index contributed by atoms with van der Waals surface area (Å²) in [5.74, 6) is 1.87. The lowest BCUT2D eigenvalue weighted by atomic mass is 10.2. The zero-order chi connectivity index (χ0) is 22.7. The van der Waals surface area contributed by atoms with Crippen LogP contribution in [0.25, 0.3) is 21.9 Å². The molecule has 0 aliphatic heterocycles. The topological polar surface area (TPSA) is 112 Å². The molecule has 32 heavy (non-hydrogen) atoms. The van der Waals surface area contributed by atoms with Gasteiger partial charge in [-0.25, -0.2) is 23.1 Å². The number of sulfonamides is 1. The third kappa shape index (κ3) is 4.26. The van der Waals surface area contributed by atoms with E-state index in [2.05, 4.69) is 21.2 Å². The number of unbranched alkanes of at least 4 members (excludes halogenated alkanes) is 1. The van der Waals surface area contributed by atoms with Gasteiger partial charge in [-0.2, -0.15) is 0 Å². The van der Waals surface area contributed by atoms with Crippen molar-refractivity contribution in [1.29, 1.82) is 0 Å². The minimum absolute atomic E-state index is 0.193. The van der Waals surface area contributed by atoms with Crippen LogP contribution >= 0.6 is 0 Å². The van der Waals surface area contributed by atoms with Crippen molar-refractivity contribution in [1.82, 2.24) is 19.3 Å². The summed E-state index contributed by atoms with van der Waals surface area (Å²) >= 11 is 0. The highest BCUT2D eigenvalue weighted by molar-refractivity contribution is 7.89. The second-order valence-electron chi connectivity index (χ2n) is 7.57. The van der Waals surface area contributed by atoms with E-state index in [-0.39, 0.29) is 11.4 Å². The van der Waals surface area contributed by atoms with Crippen LogP contribution in [-0.2, 0) is 23.0 Å². The van der Waals surface area contributed by atoms with Crippen molar-refractivity contribution in [2.45, 2.75) is 37.6 Å². The number of benzene rings is 2. The summed E-state index contributed by atoms with van der Waals surface area (Å²) in [6.45, 7) is 2.77. The van der Waals surface area contributed by atoms with Gasteiger partial charge in [-0.1, -0.05) is 31.5 Å². The van der Waals surface area contributed by atoms with Crippen molar-refractivity contribution in [3.8, 4) is 5.75 Å². The molecule has 168 valence electrons. The van der Waals surface area contributed by atoms with Crippen molar-refractivity contribution in [2.75, 3.05) is 19.4 Å². The first kappa shape index (κ1) is 22.0. The van der Waals surface area contributed by atoms with E-state index in [1.54, 1.807) is 19.2 Å². The molecule has 0 atom stereocenters. The maximum absolute atomic E-state index is 12.7. The fraction of sp³-hybridized carbons (Fsp3) is 0.304. The zero-order valence-corrected chi connectivity index (χ0v) is 19.0. The number of hydrogen-bond acceptors (Lipinski definition) is 6. The average molecular weight is 454 g/mol. The first-order valence-corrected chi connectivity index (χ1v) is 12.1. The second-order valence-corrected chi connectivity index (χ2v) is 9.33. The summed E-state index contributed by atoms with van der Waals surface area (Å²) in [5, 5.41) is 0.949. The van der Waals surface area contributed by atoms with Crippen molar-refractivity contribution < 1.29 is 13.2 Å². The van der Waals surface area contributed by atoms with E-state index >= 15 is 0 Å². The lowest BCUT2D eigenvalue weighted by Gasteiger charge is -2.12. The molecule has 9 heteroatoms. The maximum Gasteiger partial charge on any atom is 0.240 e. The number of methoxy groups -OCH3 is 1. The van der Waals surface area contributed by atoms with E-state index in [0.29, 0.717) is 23.6 Å². The summed E-state index contributed by atoms with van der Waals surface area (Å²) in [6.07, 6.45) is 2.79. The number of nitrogens with two attached hydrogens (primary N) is 1. The van der Waals surface area contributed by atoms with Gasteiger partial charge < -0.3 is 15.0 Å². The van der Waals surface area contributed by atoms with Crippen molar-refractivity contribution in [3.05, 3.63) is 54.4 Å². The number of para-hydroxylation sites is 1. The van der Waals surface area contributed by atoms with Gasteiger partial charge in [-0.3, -0.25) is 0 Å². The molecule has 0 saturated carbocycles. The Bertz CT molecular complexity index is 1350. The predicted molar refractivity (Wildman–Crippen MR) is 126 cm³/mol. The quantitative estimate of drug-likeness (QED) is 0.401. The molecule has 0 aliphatic carbocycles. The number of nitrogens with zero attached hydrogens (tertiary/aromatic N) is 3. The second kappa shape index (κ2) is 9.13. The van der Waals surface area contributed by atoms with E-state index in [9.17, 15) is 8.42 Å². The molecule has 0 saturated heterocycles. The minimum atomic E-state index is -3.65. The van der Waals surface area contributed by atoms with Crippen LogP contribution in [-0.4, -0.2) is 36.6 Å². The van der Waals surface area contributed by atoms with Crippen LogP contribution < -0.4 is 15.2 Å². The Morgan fingerprint density at radius 1 is 1.09 bits per heavy atom. The highest BCUT2D eigenvalue weighted by Crippen LogP contribution is 2.29. The highest BCUT2D eigenvalue weighted by atomic mass is 32.2. The largest absolute Gasteiger partial charge is 0.497 e. The molecule has 2 heterocycles. The number of nitrogens with one attached hydrogen (secondary N) is 1. The van der Waals surface area contributed by atoms with Crippen molar-refractivity contribution >= 4 is 37.8 Å². The van der Waals surface area contributed by atoms with Crippen LogP contribution in [0.15, 0.2) is 53.4 Å². The molecule has 8 nitrogen and oxygen atoms in total. The van der Waals surface area contributed by atoms with E-state index in [1.165, 1.54) is 12.1 Å². The molecule has 2 aromatic carbocycles. The molecule has 0 radical (unpaired) electrons. The molecule has 3 N–H and O–H groups in total. The van der Waals surface area contributed by atoms with Gasteiger partial charge in [0.25, 0.3) is 0 Å². The van der Waals surface area contributed by atoms with E-state index in [1.807, 2.05) is 24.3 Å². The molecule has 0 fully saturated rings. The van der Waals surface area contributed by atoms with Crippen LogP contribution in [0.5, 0.6) is 5.75 Å². The van der Waals surface area contributed by atoms with Gasteiger partial charge in [-0.15, -0.1) is 0 Å². The summed E-state index contributed by atoms with van der Waals surface area (Å²) in [7, 11) is -2.11. The molecule has 0 bridgehead atoms. The molecule has 0 aliphatic rings. The number of nitrogen functional groups attached to an aromatic ring is 1. The van der Waals surface area contributed by atoms with Crippen LogP contribution in [0.2, 0.25) is 0 Å². The van der Waals surface area contributed by atoms with E-state index in [4.69, 9.17) is 15.5 Å². The van der Waals surface area contributed by atoms with Gasteiger partial charge in [0, 0.05) is 24.9 Å². The summed E-state index contributed by atoms with van der Waals surface area (Å²) < 4.78 is 35.4. The standard InChI is InChI=1S/C23H27N5O3S/c1-3-4-9-20-27-21-22(18-7-5-6-8-19(18)26-23(21)24)28(20)15-14-25-32(29,30)17-12-10-16(31-2)11-13-17/h5-8,10-13,25H,3-4,9,14-15H2,1-2H3,(H2,24,26). The fourth-order valence-electron chi connectivity index (χ4n) is 3.80. The van der Waals surface area contributed by atoms with Gasteiger partial charge >= 0.3 is 0 Å². The third-order valence-corrected chi connectivity index (χ3v) is 6.92. The number of hydrogen-bond donors (Lipinski definition) is 2. The van der Waals surface area contributed by atoms with Crippen LogP contribution in [0.3, 0.4) is 0 Å². The van der Waals surface area contributed by atoms with Crippen molar-refractivity contribution in [2.24, 2.45) is 0 Å². The third-order valence-electron chi connectivity index (χ3n) is 5.44. The van der Waals surface area contributed by atoms with Crippen molar-refractivity contribution in [3.63, 3.8) is 0 Å². The molecule has 0 amide bonds. The number of imidazole rings is 1.